The summed E-state index contributed by atoms with van der Waals surface area (Å²) in [7, 11) is 0. The predicted octanol–water partition coefficient (Wildman–Crippen LogP) is 5.29. The van der Waals surface area contributed by atoms with Crippen LogP contribution in [0, 0.1) is 23.4 Å². The van der Waals surface area contributed by atoms with Gasteiger partial charge in [0.2, 0.25) is 0 Å². The maximum absolute atomic E-state index is 13.7. The number of hydrogen-bond donors (Lipinski definition) is 1. The summed E-state index contributed by atoms with van der Waals surface area (Å²) in [5, 5.41) is 0. The molecule has 1 N–H and O–H groups in total. The Labute approximate surface area is 124 Å². The van der Waals surface area contributed by atoms with E-state index in [9.17, 15) is 4.39 Å². The van der Waals surface area contributed by atoms with Crippen LogP contribution in [0.2, 0.25) is 0 Å². The van der Waals surface area contributed by atoms with E-state index in [4.69, 9.17) is 12.2 Å². The van der Waals surface area contributed by atoms with Gasteiger partial charge in [0.15, 0.2) is 4.77 Å². The summed E-state index contributed by atoms with van der Waals surface area (Å²) in [6, 6.07) is 3.85. The minimum absolute atomic E-state index is 0.175. The van der Waals surface area contributed by atoms with Gasteiger partial charge in [-0.05, 0) is 62.5 Å². The summed E-state index contributed by atoms with van der Waals surface area (Å²) < 4.78 is 16.6. The van der Waals surface area contributed by atoms with Crippen LogP contribution in [0.15, 0.2) is 12.1 Å². The predicted molar refractivity (Wildman–Crippen MR) is 83.1 cm³/mol. The molecule has 108 valence electrons. The van der Waals surface area contributed by atoms with Gasteiger partial charge in [0.1, 0.15) is 5.82 Å². The number of aryl methyl sites for hydroxylation is 1. The van der Waals surface area contributed by atoms with Gasteiger partial charge in [0.05, 0.1) is 11.0 Å². The lowest BCUT2D eigenvalue weighted by atomic mass is 9.84. The van der Waals surface area contributed by atoms with E-state index >= 15 is 0 Å². The lowest BCUT2D eigenvalue weighted by molar-refractivity contribution is 0.266. The normalized spacial score (nSPS) is 18.6. The number of fused-ring (bicyclic) bond motifs is 1. The standard InChI is InChI=1S/C16H21FN2S/c1-10-8-15-14(9-13(10)17)18-16(20)19(15)11(2)12-6-4-3-5-7-12/h8-9,11-12H,3-7H2,1-2H3,(H,18,20). The molecule has 20 heavy (non-hydrogen) atoms. The minimum Gasteiger partial charge on any atom is -0.330 e. The van der Waals surface area contributed by atoms with E-state index in [1.807, 2.05) is 6.07 Å². The van der Waals surface area contributed by atoms with Crippen LogP contribution in [0.5, 0.6) is 0 Å². The van der Waals surface area contributed by atoms with Crippen molar-refractivity contribution in [1.82, 2.24) is 9.55 Å². The molecule has 1 aliphatic carbocycles. The minimum atomic E-state index is -0.175. The van der Waals surface area contributed by atoms with Gasteiger partial charge in [-0.3, -0.25) is 0 Å². The smallest absolute Gasteiger partial charge is 0.178 e. The quantitative estimate of drug-likeness (QED) is 0.746. The second-order valence-electron chi connectivity index (χ2n) is 6.06. The van der Waals surface area contributed by atoms with E-state index in [1.165, 1.54) is 32.1 Å². The SMILES string of the molecule is Cc1cc2c(cc1F)[nH]c(=S)n2C(C)C1CCCCC1. The number of hydrogen-bond acceptors (Lipinski definition) is 1. The molecule has 0 saturated heterocycles. The van der Waals surface area contributed by atoms with Gasteiger partial charge in [-0.2, -0.15) is 0 Å². The van der Waals surface area contributed by atoms with Gasteiger partial charge in [-0.25, -0.2) is 4.39 Å². The fourth-order valence-corrected chi connectivity index (χ4v) is 3.86. The zero-order valence-electron chi connectivity index (χ0n) is 12.1. The topological polar surface area (TPSA) is 20.7 Å². The molecule has 2 nitrogen and oxygen atoms in total. The number of aromatic amines is 1. The van der Waals surface area contributed by atoms with E-state index in [2.05, 4.69) is 16.5 Å². The van der Waals surface area contributed by atoms with Crippen molar-refractivity contribution in [2.24, 2.45) is 5.92 Å². The van der Waals surface area contributed by atoms with Crippen molar-refractivity contribution in [2.45, 2.75) is 52.0 Å². The second kappa shape index (κ2) is 5.32. The highest BCUT2D eigenvalue weighted by Gasteiger charge is 2.23. The van der Waals surface area contributed by atoms with Crippen molar-refractivity contribution in [3.63, 3.8) is 0 Å². The Bertz CT molecular complexity index is 680. The van der Waals surface area contributed by atoms with Crippen LogP contribution >= 0.6 is 12.2 Å². The molecule has 1 atom stereocenters. The fraction of sp³-hybridized carbons (Fsp3) is 0.562. The molecule has 0 amide bonds. The molecular weight excluding hydrogens is 271 g/mol. The third-order valence-electron chi connectivity index (χ3n) is 4.74. The molecule has 1 aromatic heterocycles. The summed E-state index contributed by atoms with van der Waals surface area (Å²) in [5.74, 6) is 0.506. The molecule has 0 spiro atoms. The molecule has 3 rings (SSSR count). The summed E-state index contributed by atoms with van der Waals surface area (Å²) in [5.41, 5.74) is 2.52. The molecule has 0 aliphatic heterocycles. The Hall–Kier alpha value is -1.16. The lowest BCUT2D eigenvalue weighted by Gasteiger charge is -2.29. The van der Waals surface area contributed by atoms with Crippen LogP contribution in [-0.4, -0.2) is 9.55 Å². The van der Waals surface area contributed by atoms with Gasteiger partial charge in [-0.1, -0.05) is 19.3 Å². The van der Waals surface area contributed by atoms with Crippen LogP contribution in [0.25, 0.3) is 11.0 Å². The lowest BCUT2D eigenvalue weighted by Crippen LogP contribution is -2.19. The van der Waals surface area contributed by atoms with Crippen molar-refractivity contribution in [1.29, 1.82) is 0 Å². The number of benzene rings is 1. The van der Waals surface area contributed by atoms with Crippen molar-refractivity contribution in [3.05, 3.63) is 28.3 Å². The Balaban J connectivity index is 2.08. The Morgan fingerprint density at radius 1 is 1.30 bits per heavy atom. The highest BCUT2D eigenvalue weighted by Crippen LogP contribution is 2.35. The summed E-state index contributed by atoms with van der Waals surface area (Å²) in [4.78, 5) is 3.15. The number of nitrogens with one attached hydrogen (secondary N) is 1. The number of imidazole rings is 1. The van der Waals surface area contributed by atoms with E-state index in [-0.39, 0.29) is 5.82 Å². The summed E-state index contributed by atoms with van der Waals surface area (Å²) in [6.07, 6.45) is 6.54. The highest BCUT2D eigenvalue weighted by molar-refractivity contribution is 7.71. The van der Waals surface area contributed by atoms with E-state index in [0.29, 0.717) is 22.3 Å². The van der Waals surface area contributed by atoms with Crippen LogP contribution in [0.3, 0.4) is 0 Å². The van der Waals surface area contributed by atoms with E-state index in [0.717, 1.165) is 11.0 Å². The maximum atomic E-state index is 13.7. The van der Waals surface area contributed by atoms with Crippen LogP contribution in [-0.2, 0) is 0 Å². The van der Waals surface area contributed by atoms with Crippen LogP contribution < -0.4 is 0 Å². The second-order valence-corrected chi connectivity index (χ2v) is 6.44. The molecule has 1 fully saturated rings. The first kappa shape index (κ1) is 13.8. The average Bonchev–Trinajstić information content (AvgIpc) is 2.75. The maximum Gasteiger partial charge on any atom is 0.178 e. The molecule has 1 aromatic carbocycles. The van der Waals surface area contributed by atoms with Crippen molar-refractivity contribution >= 4 is 23.3 Å². The van der Waals surface area contributed by atoms with Gasteiger partial charge in [0.25, 0.3) is 0 Å². The molecule has 1 aliphatic rings. The van der Waals surface area contributed by atoms with Crippen LogP contribution in [0.4, 0.5) is 4.39 Å². The summed E-state index contributed by atoms with van der Waals surface area (Å²) >= 11 is 5.47. The van der Waals surface area contributed by atoms with Gasteiger partial charge in [0, 0.05) is 6.04 Å². The third kappa shape index (κ3) is 2.30. The Kier molecular flexibility index (Phi) is 3.67. The van der Waals surface area contributed by atoms with Crippen molar-refractivity contribution in [3.8, 4) is 0 Å². The highest BCUT2D eigenvalue weighted by atomic mass is 32.1. The zero-order valence-corrected chi connectivity index (χ0v) is 12.9. The monoisotopic (exact) mass is 292 g/mol. The number of halogens is 1. The number of rotatable bonds is 2. The van der Waals surface area contributed by atoms with E-state index < -0.39 is 0 Å². The first-order valence-corrected chi connectivity index (χ1v) is 7.89. The zero-order chi connectivity index (χ0) is 14.3. The molecule has 1 heterocycles. The Morgan fingerprint density at radius 3 is 2.70 bits per heavy atom. The third-order valence-corrected chi connectivity index (χ3v) is 5.03. The number of H-pyrrole nitrogens is 1. The van der Waals surface area contributed by atoms with Gasteiger partial charge in [-0.15, -0.1) is 0 Å². The molecule has 1 unspecified atom stereocenters. The number of aromatic nitrogens is 2. The van der Waals surface area contributed by atoms with E-state index in [1.54, 1.807) is 13.0 Å². The fourth-order valence-electron chi connectivity index (χ4n) is 3.48. The largest absolute Gasteiger partial charge is 0.330 e. The first-order valence-electron chi connectivity index (χ1n) is 7.48. The molecule has 2 aromatic rings. The molecular formula is C16H21FN2S. The van der Waals surface area contributed by atoms with Gasteiger partial charge < -0.3 is 9.55 Å². The van der Waals surface area contributed by atoms with Crippen molar-refractivity contribution < 1.29 is 4.39 Å². The molecule has 4 heteroatoms. The number of nitrogens with zero attached hydrogens (tertiary/aromatic N) is 1. The molecule has 1 saturated carbocycles. The first-order chi connectivity index (χ1) is 9.58. The van der Waals surface area contributed by atoms with Gasteiger partial charge >= 0.3 is 0 Å². The van der Waals surface area contributed by atoms with Crippen molar-refractivity contribution in [2.75, 3.05) is 0 Å². The van der Waals surface area contributed by atoms with Crippen LogP contribution in [0.1, 0.15) is 50.6 Å². The summed E-state index contributed by atoms with van der Waals surface area (Å²) in [6.45, 7) is 4.05. The average molecular weight is 292 g/mol. The molecule has 0 bridgehead atoms. The Morgan fingerprint density at radius 2 is 2.00 bits per heavy atom. The molecule has 0 radical (unpaired) electrons.